The molecule has 3 rings (SSSR count). The Morgan fingerprint density at radius 1 is 1.16 bits per heavy atom. The lowest BCUT2D eigenvalue weighted by Crippen LogP contribution is -2.48. The van der Waals surface area contributed by atoms with Crippen molar-refractivity contribution < 1.29 is 9.59 Å². The standard InChI is InChI=1S/C20H23N3O2/c1-2-14-6-8-15(9-7-14)18-13-22-10-11-23(18)20(25)17-5-3-4-16(12-17)19(21)24/h3-9,12,18,22H,2,10-11,13H2,1H3,(H2,21,24). The fourth-order valence-corrected chi connectivity index (χ4v) is 3.19. The number of hydrogen-bond acceptors (Lipinski definition) is 3. The average molecular weight is 337 g/mol. The third-order valence-electron chi connectivity index (χ3n) is 4.67. The third kappa shape index (κ3) is 3.72. The van der Waals surface area contributed by atoms with E-state index in [0.717, 1.165) is 18.5 Å². The highest BCUT2D eigenvalue weighted by molar-refractivity contribution is 5.99. The van der Waals surface area contributed by atoms with Crippen LogP contribution in [0.2, 0.25) is 0 Å². The maximum atomic E-state index is 13.0. The van der Waals surface area contributed by atoms with Crippen molar-refractivity contribution in [1.29, 1.82) is 0 Å². The number of rotatable bonds is 4. The number of carbonyl (C=O) groups excluding carboxylic acids is 2. The van der Waals surface area contributed by atoms with Crippen LogP contribution < -0.4 is 11.1 Å². The summed E-state index contributed by atoms with van der Waals surface area (Å²) in [7, 11) is 0. The van der Waals surface area contributed by atoms with E-state index in [9.17, 15) is 9.59 Å². The van der Waals surface area contributed by atoms with Gasteiger partial charge in [0.2, 0.25) is 5.91 Å². The molecule has 0 aromatic heterocycles. The number of primary amides is 1. The zero-order valence-corrected chi connectivity index (χ0v) is 14.4. The predicted molar refractivity (Wildman–Crippen MR) is 97.4 cm³/mol. The molecule has 0 bridgehead atoms. The van der Waals surface area contributed by atoms with Gasteiger partial charge in [0.05, 0.1) is 6.04 Å². The first-order valence-electron chi connectivity index (χ1n) is 8.60. The van der Waals surface area contributed by atoms with Gasteiger partial charge in [0.15, 0.2) is 0 Å². The van der Waals surface area contributed by atoms with Crippen LogP contribution in [0.3, 0.4) is 0 Å². The Morgan fingerprint density at radius 3 is 2.56 bits per heavy atom. The van der Waals surface area contributed by atoms with E-state index in [4.69, 9.17) is 5.73 Å². The monoisotopic (exact) mass is 337 g/mol. The molecule has 130 valence electrons. The van der Waals surface area contributed by atoms with E-state index >= 15 is 0 Å². The van der Waals surface area contributed by atoms with Gasteiger partial charge in [0.1, 0.15) is 0 Å². The average Bonchev–Trinajstić information content (AvgIpc) is 2.67. The van der Waals surface area contributed by atoms with Crippen LogP contribution in [0.5, 0.6) is 0 Å². The second-order valence-corrected chi connectivity index (χ2v) is 6.26. The fourth-order valence-electron chi connectivity index (χ4n) is 3.19. The molecule has 2 aromatic rings. The zero-order chi connectivity index (χ0) is 17.8. The zero-order valence-electron chi connectivity index (χ0n) is 14.4. The molecule has 25 heavy (non-hydrogen) atoms. The molecule has 1 unspecified atom stereocenters. The van der Waals surface area contributed by atoms with Crippen molar-refractivity contribution in [3.05, 3.63) is 70.8 Å². The predicted octanol–water partition coefficient (Wildman–Crippen LogP) is 2.13. The molecule has 1 fully saturated rings. The van der Waals surface area contributed by atoms with Crippen molar-refractivity contribution in [1.82, 2.24) is 10.2 Å². The minimum atomic E-state index is -0.526. The maximum absolute atomic E-state index is 13.0. The van der Waals surface area contributed by atoms with Crippen molar-refractivity contribution in [2.24, 2.45) is 5.73 Å². The molecular weight excluding hydrogens is 314 g/mol. The summed E-state index contributed by atoms with van der Waals surface area (Å²) in [4.78, 5) is 26.3. The highest BCUT2D eigenvalue weighted by Crippen LogP contribution is 2.25. The van der Waals surface area contributed by atoms with E-state index in [1.165, 1.54) is 5.56 Å². The van der Waals surface area contributed by atoms with Crippen molar-refractivity contribution in [3.8, 4) is 0 Å². The highest BCUT2D eigenvalue weighted by atomic mass is 16.2. The lowest BCUT2D eigenvalue weighted by molar-refractivity contribution is 0.0634. The second kappa shape index (κ2) is 7.49. The summed E-state index contributed by atoms with van der Waals surface area (Å²) in [5.41, 5.74) is 8.57. The molecule has 0 spiro atoms. The van der Waals surface area contributed by atoms with Crippen LogP contribution in [0, 0.1) is 0 Å². The Balaban J connectivity index is 1.88. The first-order chi connectivity index (χ1) is 12.1. The van der Waals surface area contributed by atoms with Crippen LogP contribution in [-0.2, 0) is 6.42 Å². The van der Waals surface area contributed by atoms with E-state index < -0.39 is 5.91 Å². The fraction of sp³-hybridized carbons (Fsp3) is 0.300. The van der Waals surface area contributed by atoms with Crippen LogP contribution in [0.1, 0.15) is 44.8 Å². The highest BCUT2D eigenvalue weighted by Gasteiger charge is 2.28. The lowest BCUT2D eigenvalue weighted by atomic mass is 9.99. The largest absolute Gasteiger partial charge is 0.366 e. The van der Waals surface area contributed by atoms with Crippen LogP contribution >= 0.6 is 0 Å². The molecule has 3 N–H and O–H groups in total. The Kier molecular flexibility index (Phi) is 5.14. The Morgan fingerprint density at radius 2 is 1.88 bits per heavy atom. The second-order valence-electron chi connectivity index (χ2n) is 6.26. The van der Waals surface area contributed by atoms with Crippen LogP contribution in [0.4, 0.5) is 0 Å². The number of nitrogens with zero attached hydrogens (tertiary/aromatic N) is 1. The van der Waals surface area contributed by atoms with Gasteiger partial charge in [0, 0.05) is 30.8 Å². The SMILES string of the molecule is CCc1ccc(C2CNCCN2C(=O)c2cccc(C(N)=O)c2)cc1. The van der Waals surface area contributed by atoms with Crippen LogP contribution in [-0.4, -0.2) is 36.3 Å². The van der Waals surface area contributed by atoms with Gasteiger partial charge >= 0.3 is 0 Å². The van der Waals surface area contributed by atoms with Crippen molar-refractivity contribution in [2.75, 3.05) is 19.6 Å². The number of carbonyl (C=O) groups is 2. The lowest BCUT2D eigenvalue weighted by Gasteiger charge is -2.36. The van der Waals surface area contributed by atoms with Gasteiger partial charge in [-0.1, -0.05) is 37.3 Å². The van der Waals surface area contributed by atoms with E-state index in [2.05, 4.69) is 36.5 Å². The molecule has 0 aliphatic carbocycles. The molecule has 0 radical (unpaired) electrons. The number of nitrogens with one attached hydrogen (secondary N) is 1. The molecule has 1 aliphatic heterocycles. The first-order valence-corrected chi connectivity index (χ1v) is 8.60. The number of nitrogens with two attached hydrogens (primary N) is 1. The molecule has 1 atom stereocenters. The molecule has 1 saturated heterocycles. The normalized spacial score (nSPS) is 17.3. The van der Waals surface area contributed by atoms with Crippen LogP contribution in [0.15, 0.2) is 48.5 Å². The minimum absolute atomic E-state index is 0.0237. The Bertz CT molecular complexity index is 771. The molecule has 1 aliphatic rings. The number of hydrogen-bond donors (Lipinski definition) is 2. The molecule has 2 amide bonds. The Hall–Kier alpha value is -2.66. The number of amides is 2. The van der Waals surface area contributed by atoms with Crippen LogP contribution in [0.25, 0.3) is 0 Å². The minimum Gasteiger partial charge on any atom is -0.366 e. The molecule has 5 heteroatoms. The summed E-state index contributed by atoms with van der Waals surface area (Å²) in [6.07, 6.45) is 0.992. The van der Waals surface area contributed by atoms with Crippen molar-refractivity contribution >= 4 is 11.8 Å². The smallest absolute Gasteiger partial charge is 0.254 e. The quantitative estimate of drug-likeness (QED) is 0.897. The third-order valence-corrected chi connectivity index (χ3v) is 4.67. The number of piperazine rings is 1. The summed E-state index contributed by atoms with van der Waals surface area (Å²) in [5, 5.41) is 3.36. The van der Waals surface area contributed by atoms with Gasteiger partial charge in [-0.3, -0.25) is 9.59 Å². The Labute approximate surface area is 147 Å². The van der Waals surface area contributed by atoms with E-state index in [1.807, 2.05) is 4.90 Å². The topological polar surface area (TPSA) is 75.4 Å². The van der Waals surface area contributed by atoms with Crippen molar-refractivity contribution in [2.45, 2.75) is 19.4 Å². The molecule has 1 heterocycles. The van der Waals surface area contributed by atoms with E-state index in [-0.39, 0.29) is 11.9 Å². The van der Waals surface area contributed by atoms with E-state index in [1.54, 1.807) is 24.3 Å². The summed E-state index contributed by atoms with van der Waals surface area (Å²) >= 11 is 0. The molecular formula is C20H23N3O2. The molecule has 2 aromatic carbocycles. The summed E-state index contributed by atoms with van der Waals surface area (Å²) in [5.74, 6) is -0.601. The van der Waals surface area contributed by atoms with Gasteiger partial charge in [-0.15, -0.1) is 0 Å². The number of benzene rings is 2. The van der Waals surface area contributed by atoms with Gasteiger partial charge in [-0.2, -0.15) is 0 Å². The van der Waals surface area contributed by atoms with Gasteiger partial charge in [0.25, 0.3) is 5.91 Å². The molecule has 0 saturated carbocycles. The summed E-state index contributed by atoms with van der Waals surface area (Å²) in [6.45, 7) is 4.22. The number of aryl methyl sites for hydroxylation is 1. The molecule has 5 nitrogen and oxygen atoms in total. The van der Waals surface area contributed by atoms with E-state index in [0.29, 0.717) is 24.2 Å². The van der Waals surface area contributed by atoms with Crippen molar-refractivity contribution in [3.63, 3.8) is 0 Å². The van der Waals surface area contributed by atoms with Gasteiger partial charge < -0.3 is 16.0 Å². The first kappa shape index (κ1) is 17.2. The summed E-state index contributed by atoms with van der Waals surface area (Å²) in [6, 6.07) is 15.0. The summed E-state index contributed by atoms with van der Waals surface area (Å²) < 4.78 is 0. The maximum Gasteiger partial charge on any atom is 0.254 e. The van der Waals surface area contributed by atoms with Gasteiger partial charge in [-0.05, 0) is 35.7 Å². The van der Waals surface area contributed by atoms with Gasteiger partial charge in [-0.25, -0.2) is 0 Å².